The van der Waals surface area contributed by atoms with E-state index in [1.54, 1.807) is 18.3 Å². The molecule has 0 bridgehead atoms. The Hall–Kier alpha value is -2.34. The van der Waals surface area contributed by atoms with Crippen molar-refractivity contribution in [3.05, 3.63) is 53.1 Å². The molecule has 4 rings (SSSR count). The second-order valence-electron chi connectivity index (χ2n) is 6.65. The van der Waals surface area contributed by atoms with Crippen LogP contribution >= 0.6 is 0 Å². The van der Waals surface area contributed by atoms with E-state index in [1.165, 1.54) is 12.1 Å². The number of hydrogen-bond acceptors (Lipinski definition) is 5. The highest BCUT2D eigenvalue weighted by Gasteiger charge is 2.28. The molecule has 25 heavy (non-hydrogen) atoms. The lowest BCUT2D eigenvalue weighted by atomic mass is 9.82. The Balaban J connectivity index is 1.51. The first kappa shape index (κ1) is 16.1. The summed E-state index contributed by atoms with van der Waals surface area (Å²) in [6, 6.07) is 6.36. The Kier molecular flexibility index (Phi) is 4.44. The Labute approximate surface area is 145 Å². The Bertz CT molecular complexity index is 773. The third kappa shape index (κ3) is 3.54. The normalized spacial score (nSPS) is 22.7. The van der Waals surface area contributed by atoms with E-state index in [9.17, 15) is 9.18 Å². The Morgan fingerprint density at radius 2 is 2.08 bits per heavy atom. The van der Waals surface area contributed by atoms with Crippen molar-refractivity contribution in [2.45, 2.75) is 37.7 Å². The summed E-state index contributed by atoms with van der Waals surface area (Å²) in [5, 5.41) is 3.21. The fraction of sp³-hybridized carbons (Fsp3) is 0.421. The molecule has 2 aliphatic rings. The number of ketones is 1. The molecule has 1 aromatic carbocycles. The molecule has 0 radical (unpaired) electrons. The molecular weight excluding hydrogens is 321 g/mol. The van der Waals surface area contributed by atoms with Crippen molar-refractivity contribution in [3.8, 4) is 0 Å². The molecular formula is C19H20FN3O2. The predicted octanol–water partition coefficient (Wildman–Crippen LogP) is 3.12. The van der Waals surface area contributed by atoms with Gasteiger partial charge in [-0.05, 0) is 42.9 Å². The largest absolute Gasteiger partial charge is 0.376 e. The van der Waals surface area contributed by atoms with E-state index in [2.05, 4.69) is 15.3 Å². The number of ether oxygens (including phenoxy) is 1. The highest BCUT2D eigenvalue weighted by atomic mass is 19.1. The van der Waals surface area contributed by atoms with Gasteiger partial charge in [-0.15, -0.1) is 0 Å². The van der Waals surface area contributed by atoms with Gasteiger partial charge >= 0.3 is 0 Å². The zero-order valence-corrected chi connectivity index (χ0v) is 13.9. The number of nitrogens with zero attached hydrogens (tertiary/aromatic N) is 2. The van der Waals surface area contributed by atoms with Gasteiger partial charge in [0.05, 0.1) is 17.4 Å². The smallest absolute Gasteiger partial charge is 0.222 e. The number of carbonyl (C=O) groups excluding carboxylic acids is 1. The van der Waals surface area contributed by atoms with Crippen molar-refractivity contribution in [1.29, 1.82) is 0 Å². The van der Waals surface area contributed by atoms with Gasteiger partial charge in [0.1, 0.15) is 5.82 Å². The van der Waals surface area contributed by atoms with Gasteiger partial charge in [0, 0.05) is 25.8 Å². The van der Waals surface area contributed by atoms with E-state index in [0.29, 0.717) is 30.9 Å². The van der Waals surface area contributed by atoms with Gasteiger partial charge in [-0.25, -0.2) is 14.4 Å². The maximum absolute atomic E-state index is 13.1. The molecule has 5 nitrogen and oxygen atoms in total. The maximum Gasteiger partial charge on any atom is 0.222 e. The molecule has 1 fully saturated rings. The van der Waals surface area contributed by atoms with Crippen molar-refractivity contribution in [1.82, 2.24) is 9.97 Å². The lowest BCUT2D eigenvalue weighted by molar-refractivity contribution is 0.0962. The summed E-state index contributed by atoms with van der Waals surface area (Å²) in [5.74, 6) is 0.332. The van der Waals surface area contributed by atoms with Crippen LogP contribution in [-0.2, 0) is 11.2 Å². The summed E-state index contributed by atoms with van der Waals surface area (Å²) >= 11 is 0. The number of benzene rings is 1. The quantitative estimate of drug-likeness (QED) is 0.926. The van der Waals surface area contributed by atoms with Crippen LogP contribution in [0.5, 0.6) is 0 Å². The summed E-state index contributed by atoms with van der Waals surface area (Å²) in [4.78, 5) is 21.2. The zero-order valence-electron chi connectivity index (χ0n) is 13.9. The van der Waals surface area contributed by atoms with Gasteiger partial charge in [0.25, 0.3) is 0 Å². The lowest BCUT2D eigenvalue weighted by Gasteiger charge is -2.23. The second kappa shape index (κ2) is 6.88. The van der Waals surface area contributed by atoms with Gasteiger partial charge in [-0.1, -0.05) is 12.1 Å². The van der Waals surface area contributed by atoms with E-state index < -0.39 is 0 Å². The van der Waals surface area contributed by atoms with Gasteiger partial charge < -0.3 is 10.1 Å². The number of carbonyl (C=O) groups is 1. The van der Waals surface area contributed by atoms with Crippen molar-refractivity contribution in [3.63, 3.8) is 0 Å². The van der Waals surface area contributed by atoms with E-state index >= 15 is 0 Å². The monoisotopic (exact) mass is 341 g/mol. The van der Waals surface area contributed by atoms with Crippen LogP contribution in [0.1, 0.15) is 46.8 Å². The van der Waals surface area contributed by atoms with Crippen LogP contribution in [0.2, 0.25) is 0 Å². The van der Waals surface area contributed by atoms with Gasteiger partial charge in [-0.2, -0.15) is 0 Å². The van der Waals surface area contributed by atoms with E-state index in [-0.39, 0.29) is 23.6 Å². The molecule has 2 atom stereocenters. The second-order valence-corrected chi connectivity index (χ2v) is 6.65. The topological polar surface area (TPSA) is 64.1 Å². The van der Waals surface area contributed by atoms with Gasteiger partial charge in [-0.3, -0.25) is 4.79 Å². The minimum Gasteiger partial charge on any atom is -0.376 e. The summed E-state index contributed by atoms with van der Waals surface area (Å²) in [7, 11) is 0. The van der Waals surface area contributed by atoms with E-state index in [1.807, 2.05) is 0 Å². The minimum atomic E-state index is -0.269. The van der Waals surface area contributed by atoms with Crippen LogP contribution in [0, 0.1) is 5.82 Å². The van der Waals surface area contributed by atoms with Gasteiger partial charge in [0.2, 0.25) is 5.95 Å². The molecule has 1 aliphatic carbocycles. The number of aromatic nitrogens is 2. The molecule has 0 saturated carbocycles. The molecule has 0 amide bonds. The fourth-order valence-corrected chi connectivity index (χ4v) is 3.51. The molecule has 1 saturated heterocycles. The number of hydrogen-bond donors (Lipinski definition) is 1. The standard InChI is InChI=1S/C19H20FN3O2/c20-14-5-3-12(4-6-14)13-8-17-16(18(24)9-13)11-22-19(23-17)21-10-15-2-1-7-25-15/h3-6,11,13,15H,1-2,7-10H2,(H,21,22,23)/t13-,15-/m1/s1. The number of fused-ring (bicyclic) bond motifs is 1. The van der Waals surface area contributed by atoms with Crippen LogP contribution < -0.4 is 5.32 Å². The third-order valence-electron chi connectivity index (χ3n) is 4.89. The van der Waals surface area contributed by atoms with Crippen molar-refractivity contribution in [2.75, 3.05) is 18.5 Å². The van der Waals surface area contributed by atoms with E-state index in [0.717, 1.165) is 30.7 Å². The number of nitrogens with one attached hydrogen (secondary N) is 1. The Morgan fingerprint density at radius 1 is 1.24 bits per heavy atom. The van der Waals surface area contributed by atoms with Crippen LogP contribution in [0.25, 0.3) is 0 Å². The average Bonchev–Trinajstić information content (AvgIpc) is 3.14. The number of halogens is 1. The molecule has 2 heterocycles. The molecule has 2 aromatic rings. The summed E-state index contributed by atoms with van der Waals surface area (Å²) in [5.41, 5.74) is 2.32. The zero-order chi connectivity index (χ0) is 17.2. The molecule has 1 aliphatic heterocycles. The highest BCUT2D eigenvalue weighted by molar-refractivity contribution is 5.98. The minimum absolute atomic E-state index is 0.0292. The summed E-state index contributed by atoms with van der Waals surface area (Å²) < 4.78 is 18.7. The number of Topliss-reactive ketones (excluding diaryl/α,β-unsaturated/α-hetero) is 1. The molecule has 6 heteroatoms. The van der Waals surface area contributed by atoms with Crippen molar-refractivity contribution in [2.24, 2.45) is 0 Å². The van der Waals surface area contributed by atoms with Crippen LogP contribution in [0.15, 0.2) is 30.5 Å². The number of rotatable bonds is 4. The fourth-order valence-electron chi connectivity index (χ4n) is 3.51. The first-order valence-electron chi connectivity index (χ1n) is 8.69. The molecule has 0 unspecified atom stereocenters. The van der Waals surface area contributed by atoms with E-state index in [4.69, 9.17) is 4.74 Å². The third-order valence-corrected chi connectivity index (χ3v) is 4.89. The molecule has 1 aromatic heterocycles. The van der Waals surface area contributed by atoms with Crippen LogP contribution in [-0.4, -0.2) is 35.0 Å². The lowest BCUT2D eigenvalue weighted by Crippen LogP contribution is -2.23. The van der Waals surface area contributed by atoms with Crippen molar-refractivity contribution < 1.29 is 13.9 Å². The van der Waals surface area contributed by atoms with Crippen LogP contribution in [0.4, 0.5) is 10.3 Å². The maximum atomic E-state index is 13.1. The Morgan fingerprint density at radius 3 is 2.84 bits per heavy atom. The summed E-state index contributed by atoms with van der Waals surface area (Å²) in [6.07, 6.45) is 5.01. The molecule has 130 valence electrons. The first-order chi connectivity index (χ1) is 12.2. The molecule has 1 N–H and O–H groups in total. The average molecular weight is 341 g/mol. The summed E-state index contributed by atoms with van der Waals surface area (Å²) in [6.45, 7) is 1.49. The van der Waals surface area contributed by atoms with Crippen LogP contribution in [0.3, 0.4) is 0 Å². The number of anilines is 1. The first-order valence-corrected chi connectivity index (χ1v) is 8.69. The van der Waals surface area contributed by atoms with Gasteiger partial charge in [0.15, 0.2) is 5.78 Å². The molecule has 0 spiro atoms. The predicted molar refractivity (Wildman–Crippen MR) is 91.3 cm³/mol. The highest BCUT2D eigenvalue weighted by Crippen LogP contribution is 2.32. The van der Waals surface area contributed by atoms with Crippen molar-refractivity contribution >= 4 is 11.7 Å². The SMILES string of the molecule is O=C1C[C@H](c2ccc(F)cc2)Cc2nc(NC[C@H]3CCCO3)ncc21.